The Hall–Kier alpha value is -2.63. The van der Waals surface area contributed by atoms with Gasteiger partial charge >= 0.3 is 16.2 Å². The molecule has 5 rings (SSSR count). The van der Waals surface area contributed by atoms with Gasteiger partial charge < -0.3 is 15.4 Å². The lowest BCUT2D eigenvalue weighted by Crippen LogP contribution is -2.50. The van der Waals surface area contributed by atoms with Gasteiger partial charge in [0.15, 0.2) is 0 Å². The zero-order chi connectivity index (χ0) is 24.9. The number of aryl methyl sites for hydroxylation is 2. The molecule has 1 aromatic carbocycles. The molecule has 35 heavy (non-hydrogen) atoms. The van der Waals surface area contributed by atoms with Gasteiger partial charge in [-0.25, -0.2) is 9.10 Å². The molecule has 10 nitrogen and oxygen atoms in total. The molecule has 1 unspecified atom stereocenters. The Morgan fingerprint density at radius 3 is 2.37 bits per heavy atom. The van der Waals surface area contributed by atoms with Crippen LogP contribution in [-0.2, 0) is 35.9 Å². The number of urea groups is 1. The van der Waals surface area contributed by atoms with E-state index in [-0.39, 0.29) is 16.2 Å². The van der Waals surface area contributed by atoms with Gasteiger partial charge in [-0.05, 0) is 94.6 Å². The fraction of sp³-hybridized carbons (Fsp3) is 0.583. The number of likely N-dealkylation sites (tertiary alicyclic amines) is 1. The first-order valence-electron chi connectivity index (χ1n) is 12.4. The van der Waals surface area contributed by atoms with E-state index in [0.717, 1.165) is 54.0 Å². The lowest BCUT2D eigenvalue weighted by molar-refractivity contribution is 0.243. The summed E-state index contributed by atoms with van der Waals surface area (Å²) in [6, 6.07) is 0.598. The number of hydrogen-bond donors (Lipinski definition) is 1. The predicted molar refractivity (Wildman–Crippen MR) is 135 cm³/mol. The van der Waals surface area contributed by atoms with E-state index in [1.165, 1.54) is 17.3 Å². The number of benzene rings is 1. The minimum Gasteiger partial charge on any atom is -0.740 e. The first kappa shape index (κ1) is 24.1. The quantitative estimate of drug-likeness (QED) is 0.608. The minimum atomic E-state index is -4.70. The second-order valence-corrected chi connectivity index (χ2v) is 11.8. The Morgan fingerprint density at radius 2 is 1.83 bits per heavy atom. The molecular weight excluding hydrogens is 468 g/mol. The summed E-state index contributed by atoms with van der Waals surface area (Å²) in [6.07, 6.45) is 9.10. The zero-order valence-electron chi connectivity index (χ0n) is 20.5. The van der Waals surface area contributed by atoms with Crippen molar-refractivity contribution in [3.05, 3.63) is 45.9 Å². The van der Waals surface area contributed by atoms with Gasteiger partial charge in [0.25, 0.3) is 0 Å². The van der Waals surface area contributed by atoms with E-state index in [0.29, 0.717) is 25.2 Å². The number of amides is 2. The zero-order valence-corrected chi connectivity index (χ0v) is 21.3. The van der Waals surface area contributed by atoms with Crippen LogP contribution < -0.4 is 9.62 Å². The van der Waals surface area contributed by atoms with E-state index in [2.05, 4.69) is 16.5 Å². The molecule has 1 atom stereocenters. The van der Waals surface area contributed by atoms with Crippen LogP contribution in [0.3, 0.4) is 0 Å². The third-order valence-electron chi connectivity index (χ3n) is 7.40. The number of nitrogens with zero attached hydrogens (tertiary/aromatic N) is 5. The van der Waals surface area contributed by atoms with Crippen molar-refractivity contribution >= 4 is 27.6 Å². The highest BCUT2D eigenvalue weighted by Crippen LogP contribution is 2.39. The van der Waals surface area contributed by atoms with Gasteiger partial charge in [-0.2, -0.15) is 13.5 Å². The SMILES string of the molecule is CC(C)n1cc(N(C2CCN(C)C2)S(=O)(=O)N([O-])C(=O)Nc2c3c(cc4c2CCC4)CCC3)cn1. The van der Waals surface area contributed by atoms with Crippen molar-refractivity contribution in [3.8, 4) is 0 Å². The summed E-state index contributed by atoms with van der Waals surface area (Å²) in [5.74, 6) is 0. The van der Waals surface area contributed by atoms with Crippen LogP contribution in [0, 0.1) is 5.21 Å². The monoisotopic (exact) mass is 501 g/mol. The molecule has 2 aliphatic carbocycles. The van der Waals surface area contributed by atoms with Crippen molar-refractivity contribution in [1.29, 1.82) is 0 Å². The predicted octanol–water partition coefficient (Wildman–Crippen LogP) is 3.23. The minimum absolute atomic E-state index is 0.0217. The normalized spacial score (nSPS) is 19.7. The molecule has 190 valence electrons. The van der Waals surface area contributed by atoms with Gasteiger partial charge in [-0.3, -0.25) is 9.15 Å². The Morgan fingerprint density at radius 1 is 1.17 bits per heavy atom. The third kappa shape index (κ3) is 4.30. The summed E-state index contributed by atoms with van der Waals surface area (Å²) in [5.41, 5.74) is 5.40. The molecule has 11 heteroatoms. The van der Waals surface area contributed by atoms with Crippen molar-refractivity contribution in [1.82, 2.24) is 19.1 Å². The summed E-state index contributed by atoms with van der Waals surface area (Å²) in [6.45, 7) is 5.02. The third-order valence-corrected chi connectivity index (χ3v) is 8.99. The second kappa shape index (κ2) is 9.11. The lowest BCUT2D eigenvalue weighted by Gasteiger charge is -2.37. The molecule has 0 saturated carbocycles. The van der Waals surface area contributed by atoms with Crippen molar-refractivity contribution in [2.24, 2.45) is 0 Å². The van der Waals surface area contributed by atoms with Crippen LogP contribution in [0.5, 0.6) is 0 Å². The van der Waals surface area contributed by atoms with E-state index in [4.69, 9.17) is 0 Å². The number of carbonyl (C=O) groups is 1. The summed E-state index contributed by atoms with van der Waals surface area (Å²) in [7, 11) is -2.80. The molecule has 1 aromatic heterocycles. The highest BCUT2D eigenvalue weighted by atomic mass is 32.2. The maximum atomic E-state index is 13.6. The molecule has 1 saturated heterocycles. The Bertz CT molecular complexity index is 1210. The summed E-state index contributed by atoms with van der Waals surface area (Å²) >= 11 is 0. The molecule has 2 heterocycles. The number of likely N-dealkylation sites (N-methyl/N-ethyl adjacent to an activating group) is 1. The van der Waals surface area contributed by atoms with Crippen LogP contribution in [0.2, 0.25) is 0 Å². The van der Waals surface area contributed by atoms with Gasteiger partial charge in [0, 0.05) is 24.5 Å². The number of nitrogens with one attached hydrogen (secondary N) is 1. The van der Waals surface area contributed by atoms with Crippen LogP contribution in [0.4, 0.5) is 16.2 Å². The van der Waals surface area contributed by atoms with Gasteiger partial charge in [-0.15, -0.1) is 0 Å². The van der Waals surface area contributed by atoms with Gasteiger partial charge in [0.1, 0.15) is 0 Å². The van der Waals surface area contributed by atoms with Crippen LogP contribution >= 0.6 is 0 Å². The number of aromatic nitrogens is 2. The Kier molecular flexibility index (Phi) is 6.27. The van der Waals surface area contributed by atoms with Gasteiger partial charge in [-0.1, -0.05) is 6.07 Å². The Labute approximate surface area is 206 Å². The average molecular weight is 502 g/mol. The van der Waals surface area contributed by atoms with Crippen LogP contribution in [0.25, 0.3) is 0 Å². The van der Waals surface area contributed by atoms with Gasteiger partial charge in [0.2, 0.25) is 0 Å². The molecule has 1 aliphatic heterocycles. The van der Waals surface area contributed by atoms with E-state index in [1.54, 1.807) is 10.9 Å². The van der Waals surface area contributed by atoms with E-state index >= 15 is 0 Å². The van der Waals surface area contributed by atoms with Crippen LogP contribution in [0.15, 0.2) is 18.5 Å². The highest BCUT2D eigenvalue weighted by molar-refractivity contribution is 7.91. The number of fused-ring (bicyclic) bond motifs is 2. The summed E-state index contributed by atoms with van der Waals surface area (Å²) in [4.78, 5) is 15.2. The maximum absolute atomic E-state index is 13.6. The summed E-state index contributed by atoms with van der Waals surface area (Å²) < 4.78 is 29.6. The average Bonchev–Trinajstić information content (AvgIpc) is 3.60. The number of hydrogen-bond acceptors (Lipinski definition) is 6. The largest absolute Gasteiger partial charge is 0.740 e. The number of anilines is 2. The van der Waals surface area contributed by atoms with Crippen molar-refractivity contribution < 1.29 is 13.2 Å². The molecule has 1 N–H and O–H groups in total. The molecular formula is C24H33N6O4S-. The van der Waals surface area contributed by atoms with Crippen LogP contribution in [-0.4, -0.2) is 59.8 Å². The first-order valence-corrected chi connectivity index (χ1v) is 13.8. The number of rotatable bonds is 6. The standard InChI is InChI=1S/C24H33N6O4S/c1-16(2)28-15-20(13-25-28)29(19-10-11-27(3)14-19)35(33,34)30(32)24(31)26-23-21-8-4-6-17(21)12-18-7-5-9-22(18)23/h12-13,15-16,19H,4-11,14H2,1-3H3,(H,26,31)/q-1. The maximum Gasteiger partial charge on any atom is 0.326 e. The fourth-order valence-electron chi connectivity index (χ4n) is 5.66. The molecule has 0 bridgehead atoms. The fourth-order valence-corrected chi connectivity index (χ4v) is 6.99. The van der Waals surface area contributed by atoms with Crippen molar-refractivity contribution in [2.45, 2.75) is 70.9 Å². The van der Waals surface area contributed by atoms with Crippen molar-refractivity contribution in [3.63, 3.8) is 0 Å². The second-order valence-electron chi connectivity index (χ2n) is 10.2. The Balaban J connectivity index is 1.46. The highest BCUT2D eigenvalue weighted by Gasteiger charge is 2.38. The molecule has 2 aromatic rings. The number of carbonyl (C=O) groups excluding carboxylic acids is 1. The van der Waals surface area contributed by atoms with Crippen molar-refractivity contribution in [2.75, 3.05) is 29.8 Å². The van der Waals surface area contributed by atoms with E-state index < -0.39 is 22.3 Å². The smallest absolute Gasteiger partial charge is 0.326 e. The van der Waals surface area contributed by atoms with Gasteiger partial charge in [0.05, 0.1) is 17.9 Å². The topological polar surface area (TPSA) is 114 Å². The molecule has 1 fully saturated rings. The summed E-state index contributed by atoms with van der Waals surface area (Å²) in [5, 5.41) is 20.2. The molecule has 2 amide bonds. The van der Waals surface area contributed by atoms with Crippen LogP contribution in [0.1, 0.15) is 61.4 Å². The molecule has 3 aliphatic rings. The van der Waals surface area contributed by atoms with E-state index in [9.17, 15) is 18.4 Å². The number of hydroxylamine groups is 1. The molecule has 0 radical (unpaired) electrons. The van der Waals surface area contributed by atoms with E-state index in [1.807, 2.05) is 25.8 Å². The first-order chi connectivity index (χ1) is 16.7. The molecule has 0 spiro atoms. The lowest BCUT2D eigenvalue weighted by atomic mass is 9.99.